The minimum atomic E-state index is 0.241. The number of halogens is 1. The highest BCUT2D eigenvalue weighted by molar-refractivity contribution is 6.36. The Hall–Kier alpha value is -3.64. The van der Waals surface area contributed by atoms with Crippen LogP contribution in [0.25, 0.3) is 10.5 Å². The molecule has 180 valence electrons. The van der Waals surface area contributed by atoms with Crippen LogP contribution in [-0.2, 0) is 4.74 Å². The third-order valence-corrected chi connectivity index (χ3v) is 6.57. The first-order valence-corrected chi connectivity index (χ1v) is 11.9. The molecule has 4 heterocycles. The molecule has 0 unspecified atom stereocenters. The summed E-state index contributed by atoms with van der Waals surface area (Å²) < 4.78 is 6.70. The molecule has 0 bridgehead atoms. The molecule has 2 aliphatic rings. The minimum absolute atomic E-state index is 0.241. The number of ether oxygens (including phenoxy) is 1. The fourth-order valence-corrected chi connectivity index (χ4v) is 4.63. The van der Waals surface area contributed by atoms with Crippen LogP contribution in [0.5, 0.6) is 0 Å². The summed E-state index contributed by atoms with van der Waals surface area (Å²) in [5, 5.41) is 24.6. The van der Waals surface area contributed by atoms with E-state index in [-0.39, 0.29) is 11.8 Å². The molecule has 0 aliphatic carbocycles. The summed E-state index contributed by atoms with van der Waals surface area (Å²) in [6, 6.07) is 6.63. The Labute approximate surface area is 207 Å². The lowest BCUT2D eigenvalue weighted by Gasteiger charge is -2.38. The number of nitrogens with one attached hydrogen (secondary N) is 3. The number of benzene rings is 1. The van der Waals surface area contributed by atoms with Crippen molar-refractivity contribution in [3.05, 3.63) is 40.3 Å². The molecule has 2 aromatic heterocycles. The van der Waals surface area contributed by atoms with Gasteiger partial charge in [0.2, 0.25) is 0 Å². The first kappa shape index (κ1) is 23.1. The molecule has 12 heteroatoms. The van der Waals surface area contributed by atoms with E-state index < -0.39 is 0 Å². The second kappa shape index (κ2) is 9.92. The number of anilines is 4. The fraction of sp³-hybridized carbons (Fsp3) is 0.435. The van der Waals surface area contributed by atoms with Gasteiger partial charge in [-0.05, 0) is 31.9 Å². The van der Waals surface area contributed by atoms with Crippen LogP contribution >= 0.6 is 11.6 Å². The van der Waals surface area contributed by atoms with Crippen molar-refractivity contribution in [2.24, 2.45) is 0 Å². The van der Waals surface area contributed by atoms with E-state index in [1.54, 1.807) is 6.07 Å². The van der Waals surface area contributed by atoms with Crippen molar-refractivity contribution < 1.29 is 4.74 Å². The number of hydrogen-bond acceptors (Lipinski definition) is 9. The molecule has 2 fully saturated rings. The molecule has 3 aromatic rings. The van der Waals surface area contributed by atoms with Crippen molar-refractivity contribution in [1.29, 1.82) is 5.26 Å². The van der Waals surface area contributed by atoms with Crippen molar-refractivity contribution in [3.63, 3.8) is 0 Å². The third-order valence-electron chi connectivity index (χ3n) is 6.18. The molecular formula is C23H25ClN10O. The summed E-state index contributed by atoms with van der Waals surface area (Å²) in [5.41, 5.74) is 2.28. The van der Waals surface area contributed by atoms with Gasteiger partial charge in [0.1, 0.15) is 0 Å². The Morgan fingerprint density at radius 2 is 2.09 bits per heavy atom. The van der Waals surface area contributed by atoms with Crippen LogP contribution in [0.3, 0.4) is 0 Å². The van der Waals surface area contributed by atoms with Crippen LogP contribution in [0.15, 0.2) is 18.3 Å². The lowest BCUT2D eigenvalue weighted by molar-refractivity contribution is -0.0111. The highest BCUT2D eigenvalue weighted by Gasteiger charge is 2.27. The predicted molar refractivity (Wildman–Crippen MR) is 134 cm³/mol. The average molecular weight is 493 g/mol. The number of imidazole rings is 1. The number of fused-ring (bicyclic) bond motifs is 1. The van der Waals surface area contributed by atoms with E-state index >= 15 is 0 Å². The number of nitriles is 1. The molecule has 35 heavy (non-hydrogen) atoms. The zero-order valence-electron chi connectivity index (χ0n) is 19.3. The van der Waals surface area contributed by atoms with E-state index in [0.717, 1.165) is 44.8 Å². The molecule has 1 aromatic carbocycles. The van der Waals surface area contributed by atoms with E-state index in [2.05, 4.69) is 46.8 Å². The van der Waals surface area contributed by atoms with Crippen molar-refractivity contribution in [2.75, 3.05) is 48.4 Å². The van der Waals surface area contributed by atoms with E-state index in [0.29, 0.717) is 46.4 Å². The van der Waals surface area contributed by atoms with Gasteiger partial charge in [-0.15, -0.1) is 4.52 Å². The highest BCUT2D eigenvalue weighted by atomic mass is 35.5. The summed E-state index contributed by atoms with van der Waals surface area (Å²) in [4.78, 5) is 14.5. The molecule has 11 nitrogen and oxygen atoms in total. The number of aromatic nitrogens is 4. The molecular weight excluding hydrogens is 468 g/mol. The van der Waals surface area contributed by atoms with Gasteiger partial charge in [-0.2, -0.15) is 10.2 Å². The lowest BCUT2D eigenvalue weighted by Crippen LogP contribution is -2.53. The van der Waals surface area contributed by atoms with E-state index in [1.807, 2.05) is 13.0 Å². The smallest absolute Gasteiger partial charge is 0.275 e. The molecule has 0 radical (unpaired) electrons. The van der Waals surface area contributed by atoms with E-state index in [1.165, 1.54) is 10.7 Å². The number of piperidine rings is 1. The van der Waals surface area contributed by atoms with Crippen LogP contribution in [0.1, 0.15) is 25.3 Å². The monoisotopic (exact) mass is 492 g/mol. The van der Waals surface area contributed by atoms with Crippen molar-refractivity contribution in [1.82, 2.24) is 24.9 Å². The fourth-order valence-electron chi connectivity index (χ4n) is 4.35. The minimum Gasteiger partial charge on any atom is -0.378 e. The molecule has 0 saturated carbocycles. The molecule has 0 spiro atoms. The first-order valence-electron chi connectivity index (χ1n) is 11.6. The van der Waals surface area contributed by atoms with Gasteiger partial charge in [0.05, 0.1) is 53.5 Å². The Kier molecular flexibility index (Phi) is 6.55. The Morgan fingerprint density at radius 1 is 1.29 bits per heavy atom. The van der Waals surface area contributed by atoms with Gasteiger partial charge in [-0.1, -0.05) is 23.3 Å². The summed E-state index contributed by atoms with van der Waals surface area (Å²) in [7, 11) is 0. The van der Waals surface area contributed by atoms with Gasteiger partial charge >= 0.3 is 0 Å². The van der Waals surface area contributed by atoms with E-state index in [4.69, 9.17) is 22.9 Å². The Bertz CT molecular complexity index is 1310. The number of hydrogen-bond donors (Lipinski definition) is 3. The Balaban J connectivity index is 1.42. The quantitative estimate of drug-likeness (QED) is 0.426. The first-order chi connectivity index (χ1) is 17.1. The standard InChI is InChI=1S/C23H25ClN10O/c1-3-27-21-22-28-11-19(26-2)34(22)32-23(31-21)30-17-8-14(10-25)9-18(20(17)24)33-6-4-15(5-7-33)29-16-12-35-13-16/h8-9,11,15-16,29H,3-7,12-13H2,1H3,(H2,27,30,31,32). The SMILES string of the molecule is [C-]#[N+]c1cnc2c(NCC)nc(Nc3cc(C#N)cc(N4CCC(NC5COC5)CC4)c3Cl)nn12. The molecule has 0 atom stereocenters. The number of nitrogens with zero attached hydrogens (tertiary/aromatic N) is 7. The topological polar surface area (TPSA) is 120 Å². The zero-order valence-corrected chi connectivity index (χ0v) is 20.0. The van der Waals surface area contributed by atoms with Crippen molar-refractivity contribution in [2.45, 2.75) is 31.8 Å². The average Bonchev–Trinajstić information content (AvgIpc) is 3.26. The molecule has 5 rings (SSSR count). The summed E-state index contributed by atoms with van der Waals surface area (Å²) in [5.74, 6) is 1.01. The number of rotatable bonds is 7. The van der Waals surface area contributed by atoms with Crippen LogP contribution in [-0.4, -0.2) is 64.5 Å². The van der Waals surface area contributed by atoms with Crippen LogP contribution < -0.4 is 20.9 Å². The maximum Gasteiger partial charge on any atom is 0.275 e. The van der Waals surface area contributed by atoms with Gasteiger partial charge in [0.25, 0.3) is 17.4 Å². The maximum atomic E-state index is 9.66. The molecule has 0 amide bonds. The lowest BCUT2D eigenvalue weighted by atomic mass is 10.0. The van der Waals surface area contributed by atoms with Gasteiger partial charge in [0, 0.05) is 25.7 Å². The normalized spacial score (nSPS) is 16.5. The van der Waals surface area contributed by atoms with Crippen molar-refractivity contribution in [3.8, 4) is 6.07 Å². The Morgan fingerprint density at radius 3 is 2.74 bits per heavy atom. The second-order valence-corrected chi connectivity index (χ2v) is 8.91. The third kappa shape index (κ3) is 4.66. The zero-order chi connectivity index (χ0) is 24.4. The summed E-state index contributed by atoms with van der Waals surface area (Å²) in [6.07, 6.45) is 3.43. The van der Waals surface area contributed by atoms with Gasteiger partial charge in [-0.25, -0.2) is 4.98 Å². The largest absolute Gasteiger partial charge is 0.378 e. The molecule has 2 aliphatic heterocycles. The highest BCUT2D eigenvalue weighted by Crippen LogP contribution is 2.37. The van der Waals surface area contributed by atoms with E-state index in [9.17, 15) is 5.26 Å². The second-order valence-electron chi connectivity index (χ2n) is 8.53. The van der Waals surface area contributed by atoms with Crippen LogP contribution in [0.2, 0.25) is 5.02 Å². The van der Waals surface area contributed by atoms with Crippen LogP contribution in [0.4, 0.5) is 29.0 Å². The van der Waals surface area contributed by atoms with Crippen molar-refractivity contribution >= 4 is 46.2 Å². The van der Waals surface area contributed by atoms with Gasteiger partial charge < -0.3 is 30.4 Å². The van der Waals surface area contributed by atoms with Gasteiger partial charge in [0.15, 0.2) is 5.82 Å². The summed E-state index contributed by atoms with van der Waals surface area (Å²) >= 11 is 6.85. The van der Waals surface area contributed by atoms with Gasteiger partial charge in [-0.3, -0.25) is 0 Å². The predicted octanol–water partition coefficient (Wildman–Crippen LogP) is 3.33. The molecule has 3 N–H and O–H groups in total. The molecule has 2 saturated heterocycles. The van der Waals surface area contributed by atoms with Crippen LogP contribution in [0, 0.1) is 17.9 Å². The maximum absolute atomic E-state index is 9.66. The summed E-state index contributed by atoms with van der Waals surface area (Å²) in [6.45, 7) is 13.2.